The number of nitrogens with zero attached hydrogens (tertiary/aromatic N) is 2. The molecule has 2 heteroatoms. The minimum absolute atomic E-state index is 0.0772. The Hall–Kier alpha value is -5.86. The van der Waals surface area contributed by atoms with Gasteiger partial charge in [-0.15, -0.1) is 0 Å². The van der Waals surface area contributed by atoms with Crippen molar-refractivity contribution in [1.82, 2.24) is 0 Å². The van der Waals surface area contributed by atoms with Gasteiger partial charge in [-0.25, -0.2) is 0 Å². The summed E-state index contributed by atoms with van der Waals surface area (Å²) in [6.07, 6.45) is 42.8. The maximum atomic E-state index is 2.72. The molecule has 0 amide bonds. The van der Waals surface area contributed by atoms with E-state index in [1.807, 2.05) is 0 Å². The van der Waals surface area contributed by atoms with E-state index in [0.29, 0.717) is 35.5 Å². The summed E-state index contributed by atoms with van der Waals surface area (Å²) in [5.41, 5.74) is 15.7. The lowest BCUT2D eigenvalue weighted by Crippen LogP contribution is -2.43. The molecule has 1 saturated carbocycles. The summed E-state index contributed by atoms with van der Waals surface area (Å²) in [4.78, 5) is 5.28. The molecule has 0 heterocycles. The number of fused-ring (bicyclic) bond motifs is 12. The Morgan fingerprint density at radius 3 is 2.24 bits per heavy atom. The van der Waals surface area contributed by atoms with Crippen molar-refractivity contribution in [2.45, 2.75) is 62.3 Å². The van der Waals surface area contributed by atoms with Gasteiger partial charge in [0.05, 0.1) is 6.04 Å². The quantitative estimate of drug-likeness (QED) is 0.180. The van der Waals surface area contributed by atoms with Crippen LogP contribution in [0.4, 0.5) is 17.1 Å². The lowest BCUT2D eigenvalue weighted by Gasteiger charge is -2.45. The van der Waals surface area contributed by atoms with Crippen molar-refractivity contribution >= 4 is 22.6 Å². The molecule has 4 aromatic carbocycles. The molecule has 2 nitrogen and oxygen atoms in total. The lowest BCUT2D eigenvalue weighted by molar-refractivity contribution is 0.208. The normalized spacial score (nSPS) is 30.2. The van der Waals surface area contributed by atoms with E-state index in [9.17, 15) is 0 Å². The molecule has 12 rings (SSSR count). The van der Waals surface area contributed by atoms with Gasteiger partial charge >= 0.3 is 0 Å². The monoisotopic (exact) mass is 764 g/mol. The zero-order valence-corrected chi connectivity index (χ0v) is 33.8. The molecule has 8 aliphatic rings. The number of benzene rings is 4. The van der Waals surface area contributed by atoms with Crippen molar-refractivity contribution in [3.8, 4) is 0 Å². The van der Waals surface area contributed by atoms with Gasteiger partial charge in [-0.1, -0.05) is 145 Å². The number of anilines is 3. The number of para-hydroxylation sites is 2. The van der Waals surface area contributed by atoms with Crippen LogP contribution in [0, 0.1) is 29.6 Å². The fourth-order valence-corrected chi connectivity index (χ4v) is 13.2. The third kappa shape index (κ3) is 5.38. The van der Waals surface area contributed by atoms with Gasteiger partial charge in [0.25, 0.3) is 0 Å². The first-order chi connectivity index (χ1) is 29.3. The molecule has 8 aliphatic carbocycles. The average molecular weight is 765 g/mol. The van der Waals surface area contributed by atoms with E-state index in [0.717, 1.165) is 38.5 Å². The Balaban J connectivity index is 1.01. The van der Waals surface area contributed by atoms with Crippen molar-refractivity contribution in [2.75, 3.05) is 9.80 Å². The van der Waals surface area contributed by atoms with Crippen LogP contribution < -0.4 is 9.80 Å². The van der Waals surface area contributed by atoms with Crippen LogP contribution in [0.25, 0.3) is 5.57 Å². The fraction of sp³-hybridized carbons (Fsp3) is 0.263. The number of hydrogen-bond donors (Lipinski definition) is 0. The molecule has 8 atom stereocenters. The third-order valence-electron chi connectivity index (χ3n) is 15.4. The Morgan fingerprint density at radius 1 is 0.610 bits per heavy atom. The standard InChI is InChI=1S/C57H52N2/c1-4-18-41(19-5-1)58(44-33-35-47-40(37-44)32-31-39-17-10-11-24-46(39)47)45-34-36-49-48-25-12-14-27-51(48)57(54(49)38-45)52-28-15-13-26-50(52)56-53(57)29-16-30-55(56)59(42-20-6-2-7-21-42)43-22-8-3-9-23-43/h2-4,6-11,13-24,26-30,33-36,38,44,48,50-53,56H,1,5,12,25,31-32,37H2. The van der Waals surface area contributed by atoms with Gasteiger partial charge in [-0.3, -0.25) is 0 Å². The molecule has 0 aliphatic heterocycles. The van der Waals surface area contributed by atoms with Crippen LogP contribution >= 0.6 is 0 Å². The van der Waals surface area contributed by atoms with Gasteiger partial charge in [0.1, 0.15) is 0 Å². The van der Waals surface area contributed by atoms with Crippen LogP contribution in [0.15, 0.2) is 205 Å². The summed E-state index contributed by atoms with van der Waals surface area (Å²) >= 11 is 0. The van der Waals surface area contributed by atoms with Gasteiger partial charge in [-0.2, -0.15) is 0 Å². The highest BCUT2D eigenvalue weighted by atomic mass is 15.2. The van der Waals surface area contributed by atoms with Gasteiger partial charge < -0.3 is 9.80 Å². The van der Waals surface area contributed by atoms with Crippen LogP contribution in [0.2, 0.25) is 0 Å². The first-order valence-corrected chi connectivity index (χ1v) is 22.4. The van der Waals surface area contributed by atoms with Gasteiger partial charge in [0.15, 0.2) is 0 Å². The van der Waals surface area contributed by atoms with E-state index >= 15 is 0 Å². The minimum Gasteiger partial charge on any atom is -0.335 e. The Bertz CT molecular complexity index is 2550. The molecule has 0 N–H and O–H groups in total. The maximum Gasteiger partial charge on any atom is 0.0562 e. The van der Waals surface area contributed by atoms with E-state index < -0.39 is 0 Å². The highest BCUT2D eigenvalue weighted by Crippen LogP contribution is 2.71. The molecular formula is C57H52N2. The van der Waals surface area contributed by atoms with E-state index in [4.69, 9.17) is 0 Å². The van der Waals surface area contributed by atoms with Crippen LogP contribution in [-0.4, -0.2) is 6.04 Å². The first-order valence-electron chi connectivity index (χ1n) is 22.4. The predicted octanol–water partition coefficient (Wildman–Crippen LogP) is 13.7. The highest BCUT2D eigenvalue weighted by molar-refractivity contribution is 5.82. The molecule has 1 fully saturated rings. The molecule has 1 spiro atoms. The number of rotatable bonds is 6. The van der Waals surface area contributed by atoms with Crippen molar-refractivity contribution in [1.29, 1.82) is 0 Å². The van der Waals surface area contributed by atoms with E-state index in [1.54, 1.807) is 16.7 Å². The number of hydrogen-bond acceptors (Lipinski definition) is 2. The zero-order valence-electron chi connectivity index (χ0n) is 33.8. The summed E-state index contributed by atoms with van der Waals surface area (Å²) in [6, 6.07) is 39.3. The molecule has 4 aromatic rings. The van der Waals surface area contributed by atoms with Crippen LogP contribution in [0.3, 0.4) is 0 Å². The van der Waals surface area contributed by atoms with Gasteiger partial charge in [-0.05, 0) is 151 Å². The Morgan fingerprint density at radius 2 is 1.41 bits per heavy atom. The molecule has 0 radical (unpaired) electrons. The maximum absolute atomic E-state index is 2.72. The van der Waals surface area contributed by atoms with Gasteiger partial charge in [0, 0.05) is 39.8 Å². The summed E-state index contributed by atoms with van der Waals surface area (Å²) in [5, 5.41) is 0. The number of aryl methyl sites for hydroxylation is 1. The summed E-state index contributed by atoms with van der Waals surface area (Å²) in [7, 11) is 0. The molecule has 8 unspecified atom stereocenters. The summed E-state index contributed by atoms with van der Waals surface area (Å²) in [5.74, 6) is 2.37. The SMILES string of the molecule is C1=CC2C3C(N(c4ccccc4)c4ccccc4)=CC=CC3C3(c4cc(N(C5=CCCC=C5)C5C=CC6=C(CCc7ccccc76)C5)ccc4C4CCC=CC43)C2C=C1. The molecule has 0 bridgehead atoms. The predicted molar refractivity (Wildman–Crippen MR) is 245 cm³/mol. The van der Waals surface area contributed by atoms with Crippen molar-refractivity contribution in [3.63, 3.8) is 0 Å². The van der Waals surface area contributed by atoms with Crippen molar-refractivity contribution in [2.24, 2.45) is 29.6 Å². The van der Waals surface area contributed by atoms with Crippen molar-refractivity contribution in [3.05, 3.63) is 227 Å². The fourth-order valence-electron chi connectivity index (χ4n) is 13.2. The smallest absolute Gasteiger partial charge is 0.0562 e. The van der Waals surface area contributed by atoms with E-state index in [1.165, 1.54) is 51.6 Å². The van der Waals surface area contributed by atoms with E-state index in [-0.39, 0.29) is 11.5 Å². The third-order valence-corrected chi connectivity index (χ3v) is 15.4. The lowest BCUT2D eigenvalue weighted by atomic mass is 9.58. The first kappa shape index (κ1) is 35.1. The Labute approximate surface area is 350 Å². The summed E-state index contributed by atoms with van der Waals surface area (Å²) < 4.78 is 0. The molecule has 290 valence electrons. The number of allylic oxidation sites excluding steroid dienone is 15. The van der Waals surface area contributed by atoms with Crippen molar-refractivity contribution < 1.29 is 0 Å². The second-order valence-corrected chi connectivity index (χ2v) is 18.0. The topological polar surface area (TPSA) is 6.48 Å². The zero-order chi connectivity index (χ0) is 38.9. The molecule has 0 saturated heterocycles. The highest BCUT2D eigenvalue weighted by Gasteiger charge is 2.67. The Kier molecular flexibility index (Phi) is 8.43. The molecule has 0 aromatic heterocycles. The van der Waals surface area contributed by atoms with Gasteiger partial charge in [0.2, 0.25) is 0 Å². The van der Waals surface area contributed by atoms with Crippen LogP contribution in [0.1, 0.15) is 66.7 Å². The van der Waals surface area contributed by atoms with E-state index in [2.05, 4.69) is 198 Å². The largest absolute Gasteiger partial charge is 0.335 e. The van der Waals surface area contributed by atoms with Crippen LogP contribution in [0.5, 0.6) is 0 Å². The second-order valence-electron chi connectivity index (χ2n) is 18.0. The van der Waals surface area contributed by atoms with Crippen LogP contribution in [-0.2, 0) is 11.8 Å². The second kappa shape index (κ2) is 14.2. The summed E-state index contributed by atoms with van der Waals surface area (Å²) in [6.45, 7) is 0. The molecular weight excluding hydrogens is 713 g/mol. The average Bonchev–Trinajstić information content (AvgIpc) is 3.78. The minimum atomic E-state index is -0.0772. The molecule has 59 heavy (non-hydrogen) atoms.